The molecule has 2 aromatic rings. The molecule has 128 valence electrons. The molecule has 0 unspecified atom stereocenters. The summed E-state index contributed by atoms with van der Waals surface area (Å²) in [7, 11) is 0. The van der Waals surface area contributed by atoms with E-state index in [-0.39, 0.29) is 0 Å². The molecule has 0 aromatic heterocycles. The topological polar surface area (TPSA) is 15.3 Å². The van der Waals surface area contributed by atoms with Gasteiger partial charge in [-0.3, -0.25) is 0 Å². The Balaban J connectivity index is 1.79. The Hall–Kier alpha value is -1.23. The van der Waals surface area contributed by atoms with Crippen molar-refractivity contribution in [3.05, 3.63) is 65.2 Å². The van der Waals surface area contributed by atoms with Gasteiger partial charge in [-0.1, -0.05) is 41.9 Å². The fourth-order valence-electron chi connectivity index (χ4n) is 2.23. The summed E-state index contributed by atoms with van der Waals surface area (Å²) in [5.41, 5.74) is 1.27. The molecule has 0 radical (unpaired) electrons. The van der Waals surface area contributed by atoms with Crippen molar-refractivity contribution in [2.24, 2.45) is 0 Å². The van der Waals surface area contributed by atoms with E-state index in [2.05, 4.69) is 48.3 Å². The predicted molar refractivity (Wildman–Crippen MR) is 110 cm³/mol. The number of thiocarbonyl (C=S) groups is 1. The van der Waals surface area contributed by atoms with Gasteiger partial charge >= 0.3 is 0 Å². The predicted octanol–water partition coefficient (Wildman–Crippen LogP) is 5.22. The van der Waals surface area contributed by atoms with E-state index in [0.717, 1.165) is 29.0 Å². The minimum atomic E-state index is 0.356. The summed E-state index contributed by atoms with van der Waals surface area (Å²) in [6.45, 7) is 6.00. The van der Waals surface area contributed by atoms with Crippen LogP contribution < -0.4 is 5.32 Å². The second-order valence-corrected chi connectivity index (χ2v) is 7.73. The summed E-state index contributed by atoms with van der Waals surface area (Å²) >= 11 is 13.3. The Bertz CT molecular complexity index is 630. The van der Waals surface area contributed by atoms with Gasteiger partial charge in [-0.25, -0.2) is 0 Å². The van der Waals surface area contributed by atoms with Crippen molar-refractivity contribution in [3.8, 4) is 0 Å². The van der Waals surface area contributed by atoms with Gasteiger partial charge in [0.1, 0.15) is 0 Å². The fraction of sp³-hybridized carbons (Fsp3) is 0.316. The van der Waals surface area contributed by atoms with Crippen molar-refractivity contribution in [3.63, 3.8) is 0 Å². The summed E-state index contributed by atoms with van der Waals surface area (Å²) in [5.74, 6) is 0.957. The molecule has 0 aliphatic heterocycles. The molecule has 0 heterocycles. The quantitative estimate of drug-likeness (QED) is 0.403. The molecule has 1 N–H and O–H groups in total. The van der Waals surface area contributed by atoms with Crippen LogP contribution >= 0.6 is 35.6 Å². The highest BCUT2D eigenvalue weighted by Gasteiger charge is 2.13. The van der Waals surface area contributed by atoms with Crippen LogP contribution in [0.25, 0.3) is 0 Å². The van der Waals surface area contributed by atoms with Crippen LogP contribution in [0, 0.1) is 0 Å². The van der Waals surface area contributed by atoms with Crippen molar-refractivity contribution in [2.45, 2.75) is 31.3 Å². The number of nitrogens with one attached hydrogen (secondary N) is 1. The van der Waals surface area contributed by atoms with Crippen molar-refractivity contribution >= 4 is 40.7 Å². The summed E-state index contributed by atoms with van der Waals surface area (Å²) in [4.78, 5) is 3.44. The first-order chi connectivity index (χ1) is 11.6. The van der Waals surface area contributed by atoms with E-state index in [1.165, 1.54) is 10.5 Å². The van der Waals surface area contributed by atoms with Gasteiger partial charge in [-0.05, 0) is 55.9 Å². The van der Waals surface area contributed by atoms with E-state index < -0.39 is 0 Å². The monoisotopic (exact) mass is 378 g/mol. The number of hydrogen-bond acceptors (Lipinski definition) is 2. The van der Waals surface area contributed by atoms with Crippen LogP contribution in [-0.4, -0.2) is 28.4 Å². The molecule has 0 spiro atoms. The molecule has 5 heteroatoms. The fourth-order valence-corrected chi connectivity index (χ4v) is 3.50. The number of thioether (sulfide) groups is 1. The third-order valence-electron chi connectivity index (χ3n) is 3.54. The molecule has 0 bridgehead atoms. The normalized spacial score (nSPS) is 10.7. The van der Waals surface area contributed by atoms with Crippen LogP contribution in [0.3, 0.4) is 0 Å². The van der Waals surface area contributed by atoms with Crippen molar-refractivity contribution in [1.29, 1.82) is 0 Å². The molecule has 2 rings (SSSR count). The second kappa shape index (κ2) is 9.92. The first-order valence-electron chi connectivity index (χ1n) is 8.03. The number of benzene rings is 2. The molecule has 0 fully saturated rings. The summed E-state index contributed by atoms with van der Waals surface area (Å²) < 4.78 is 0. The number of hydrogen-bond donors (Lipinski definition) is 1. The largest absolute Gasteiger partial charge is 0.362 e. The maximum Gasteiger partial charge on any atom is 0.169 e. The van der Waals surface area contributed by atoms with Gasteiger partial charge in [-0.2, -0.15) is 0 Å². The van der Waals surface area contributed by atoms with E-state index in [1.807, 2.05) is 30.3 Å². The number of halogens is 1. The van der Waals surface area contributed by atoms with Gasteiger partial charge < -0.3 is 10.2 Å². The Labute approximate surface area is 159 Å². The molecule has 0 aliphatic rings. The van der Waals surface area contributed by atoms with Crippen molar-refractivity contribution in [1.82, 2.24) is 10.2 Å². The van der Waals surface area contributed by atoms with Crippen LogP contribution in [0.15, 0.2) is 59.5 Å². The second-order valence-electron chi connectivity index (χ2n) is 5.74. The zero-order valence-corrected chi connectivity index (χ0v) is 16.4. The molecule has 2 nitrogen and oxygen atoms in total. The van der Waals surface area contributed by atoms with Gasteiger partial charge in [0.2, 0.25) is 0 Å². The lowest BCUT2D eigenvalue weighted by atomic mass is 10.2. The third kappa shape index (κ3) is 6.34. The van der Waals surface area contributed by atoms with E-state index in [1.54, 1.807) is 11.8 Å². The van der Waals surface area contributed by atoms with Crippen LogP contribution in [0.2, 0.25) is 5.02 Å². The Morgan fingerprint density at radius 2 is 1.79 bits per heavy atom. The smallest absolute Gasteiger partial charge is 0.169 e. The lowest BCUT2D eigenvalue weighted by molar-refractivity contribution is 0.338. The van der Waals surface area contributed by atoms with Crippen LogP contribution in [0.1, 0.15) is 19.4 Å². The molecule has 0 amide bonds. The Kier molecular flexibility index (Phi) is 7.89. The number of nitrogens with zero attached hydrogens (tertiary/aromatic N) is 1. The molecule has 0 aliphatic carbocycles. The summed E-state index contributed by atoms with van der Waals surface area (Å²) in [6.07, 6.45) is 0. The first kappa shape index (κ1) is 19.1. The average molecular weight is 379 g/mol. The molecular formula is C19H23ClN2S2. The van der Waals surface area contributed by atoms with Crippen LogP contribution in [0.4, 0.5) is 0 Å². The lowest BCUT2D eigenvalue weighted by Crippen LogP contribution is -2.43. The first-order valence-corrected chi connectivity index (χ1v) is 9.80. The molecule has 24 heavy (non-hydrogen) atoms. The van der Waals surface area contributed by atoms with E-state index in [4.69, 9.17) is 23.8 Å². The Morgan fingerprint density at radius 3 is 2.42 bits per heavy atom. The highest BCUT2D eigenvalue weighted by Crippen LogP contribution is 2.19. The third-order valence-corrected chi connectivity index (χ3v) is 5.19. The molecule has 0 atom stereocenters. The summed E-state index contributed by atoms with van der Waals surface area (Å²) in [5, 5.41) is 4.96. The zero-order chi connectivity index (χ0) is 17.4. The summed E-state index contributed by atoms with van der Waals surface area (Å²) in [6, 6.07) is 18.7. The van der Waals surface area contributed by atoms with Crippen LogP contribution in [0.5, 0.6) is 0 Å². The molecule has 2 aromatic carbocycles. The van der Waals surface area contributed by atoms with Gasteiger partial charge in [0.25, 0.3) is 0 Å². The minimum Gasteiger partial charge on any atom is -0.362 e. The Morgan fingerprint density at radius 1 is 1.12 bits per heavy atom. The molecule has 0 saturated carbocycles. The number of rotatable bonds is 7. The highest BCUT2D eigenvalue weighted by atomic mass is 35.5. The minimum absolute atomic E-state index is 0.356. The zero-order valence-electron chi connectivity index (χ0n) is 14.0. The molecular weight excluding hydrogens is 356 g/mol. The standard InChI is InChI=1S/C19H23ClN2S2/c1-15(2)22(14-16-6-4-3-5-7-16)19(23)21-12-13-24-18-10-8-17(20)9-11-18/h3-11,15H,12-14H2,1-2H3,(H,21,23). The van der Waals surface area contributed by atoms with Gasteiger partial charge in [0.05, 0.1) is 0 Å². The lowest BCUT2D eigenvalue weighted by Gasteiger charge is -2.29. The van der Waals surface area contributed by atoms with Crippen molar-refractivity contribution < 1.29 is 0 Å². The maximum atomic E-state index is 5.90. The van der Waals surface area contributed by atoms with Gasteiger partial charge in [0.15, 0.2) is 5.11 Å². The molecule has 0 saturated heterocycles. The van der Waals surface area contributed by atoms with E-state index >= 15 is 0 Å². The van der Waals surface area contributed by atoms with E-state index in [9.17, 15) is 0 Å². The van der Waals surface area contributed by atoms with Gasteiger partial charge in [-0.15, -0.1) is 11.8 Å². The SMILES string of the molecule is CC(C)N(Cc1ccccc1)C(=S)NCCSc1ccc(Cl)cc1. The van der Waals surface area contributed by atoms with Crippen LogP contribution in [-0.2, 0) is 6.54 Å². The maximum absolute atomic E-state index is 5.90. The average Bonchev–Trinajstić information content (AvgIpc) is 2.58. The van der Waals surface area contributed by atoms with Crippen molar-refractivity contribution in [2.75, 3.05) is 12.3 Å². The van der Waals surface area contributed by atoms with Gasteiger partial charge in [0, 0.05) is 34.8 Å². The highest BCUT2D eigenvalue weighted by molar-refractivity contribution is 7.99. The van der Waals surface area contributed by atoms with E-state index in [0.29, 0.717) is 6.04 Å².